The van der Waals surface area contributed by atoms with Gasteiger partial charge in [-0.25, -0.2) is 0 Å². The lowest BCUT2D eigenvalue weighted by molar-refractivity contribution is 0.112. The summed E-state index contributed by atoms with van der Waals surface area (Å²) in [6.45, 7) is 4.35. The van der Waals surface area contributed by atoms with Gasteiger partial charge in [-0.3, -0.25) is 4.79 Å². The fourth-order valence-electron chi connectivity index (χ4n) is 0.934. The molecule has 0 spiro atoms. The third-order valence-electron chi connectivity index (χ3n) is 1.60. The van der Waals surface area contributed by atoms with Crippen LogP contribution in [0.1, 0.15) is 10.4 Å². The summed E-state index contributed by atoms with van der Waals surface area (Å²) in [6.07, 6.45) is 2.17. The average molecular weight is 192 g/mol. The maximum atomic E-state index is 10.3. The quantitative estimate of drug-likeness (QED) is 0.393. The van der Waals surface area contributed by atoms with E-state index in [4.69, 9.17) is 9.47 Å². The Kier molecular flexibility index (Phi) is 4.27. The molecule has 0 saturated carbocycles. The summed E-state index contributed by atoms with van der Waals surface area (Å²) in [5, 5.41) is 0. The van der Waals surface area contributed by atoms with E-state index in [1.54, 1.807) is 24.3 Å². The normalized spacial score (nSPS) is 9.14. The molecule has 0 aliphatic heterocycles. The molecule has 0 heterocycles. The molecule has 0 aliphatic rings. The summed E-state index contributed by atoms with van der Waals surface area (Å²) in [7, 11) is 0. The molecule has 3 nitrogen and oxygen atoms in total. The number of hydrogen-bond acceptors (Lipinski definition) is 3. The van der Waals surface area contributed by atoms with Crippen molar-refractivity contribution in [3.8, 4) is 5.75 Å². The molecule has 0 aromatic heterocycles. The van der Waals surface area contributed by atoms with Gasteiger partial charge < -0.3 is 9.47 Å². The highest BCUT2D eigenvalue weighted by Gasteiger charge is 1.93. The van der Waals surface area contributed by atoms with Crippen LogP contribution in [0.3, 0.4) is 0 Å². The van der Waals surface area contributed by atoms with Crippen LogP contribution in [0.5, 0.6) is 5.75 Å². The number of aldehydes is 1. The van der Waals surface area contributed by atoms with Crippen LogP contribution in [-0.2, 0) is 4.74 Å². The SMILES string of the molecule is C=COCCOc1ccc(C=O)cc1. The van der Waals surface area contributed by atoms with Gasteiger partial charge in [-0.1, -0.05) is 6.58 Å². The molecule has 0 unspecified atom stereocenters. The smallest absolute Gasteiger partial charge is 0.150 e. The zero-order valence-corrected chi connectivity index (χ0v) is 7.81. The van der Waals surface area contributed by atoms with Crippen LogP contribution in [0.15, 0.2) is 37.1 Å². The number of rotatable bonds is 6. The van der Waals surface area contributed by atoms with E-state index in [9.17, 15) is 4.79 Å². The molecule has 0 fully saturated rings. The summed E-state index contributed by atoms with van der Waals surface area (Å²) >= 11 is 0. The maximum absolute atomic E-state index is 10.3. The topological polar surface area (TPSA) is 35.5 Å². The second-order valence-electron chi connectivity index (χ2n) is 2.57. The Morgan fingerprint density at radius 1 is 1.21 bits per heavy atom. The van der Waals surface area contributed by atoms with E-state index in [-0.39, 0.29) is 0 Å². The van der Waals surface area contributed by atoms with E-state index in [0.29, 0.717) is 18.8 Å². The van der Waals surface area contributed by atoms with Crippen molar-refractivity contribution >= 4 is 6.29 Å². The highest BCUT2D eigenvalue weighted by Crippen LogP contribution is 2.10. The summed E-state index contributed by atoms with van der Waals surface area (Å²) in [5.74, 6) is 0.725. The van der Waals surface area contributed by atoms with Crippen LogP contribution in [0.4, 0.5) is 0 Å². The first kappa shape index (κ1) is 10.3. The van der Waals surface area contributed by atoms with E-state index in [2.05, 4.69) is 6.58 Å². The minimum Gasteiger partial charge on any atom is -0.498 e. The third kappa shape index (κ3) is 3.31. The van der Waals surface area contributed by atoms with Crippen LogP contribution < -0.4 is 4.74 Å². The van der Waals surface area contributed by atoms with Crippen molar-refractivity contribution in [2.45, 2.75) is 0 Å². The van der Waals surface area contributed by atoms with Gasteiger partial charge in [0.15, 0.2) is 0 Å². The molecular formula is C11H12O3. The Morgan fingerprint density at radius 2 is 1.93 bits per heavy atom. The standard InChI is InChI=1S/C11H12O3/c1-2-13-7-8-14-11-5-3-10(9-12)4-6-11/h2-6,9H,1,7-8H2. The lowest BCUT2D eigenvalue weighted by Crippen LogP contribution is -2.03. The van der Waals surface area contributed by atoms with Gasteiger partial charge in [-0.15, -0.1) is 0 Å². The van der Waals surface area contributed by atoms with Crippen LogP contribution in [0, 0.1) is 0 Å². The van der Waals surface area contributed by atoms with Gasteiger partial charge in [-0.05, 0) is 24.3 Å². The first-order valence-electron chi connectivity index (χ1n) is 4.27. The van der Waals surface area contributed by atoms with Crippen LogP contribution in [0.2, 0.25) is 0 Å². The van der Waals surface area contributed by atoms with Crippen LogP contribution in [0.25, 0.3) is 0 Å². The fourth-order valence-corrected chi connectivity index (χ4v) is 0.934. The number of hydrogen-bond donors (Lipinski definition) is 0. The van der Waals surface area contributed by atoms with E-state index in [1.165, 1.54) is 6.26 Å². The molecule has 14 heavy (non-hydrogen) atoms. The van der Waals surface area contributed by atoms with Gasteiger partial charge in [0.25, 0.3) is 0 Å². The maximum Gasteiger partial charge on any atom is 0.150 e. The molecule has 0 aliphatic carbocycles. The van der Waals surface area contributed by atoms with Gasteiger partial charge in [0.1, 0.15) is 25.2 Å². The summed E-state index contributed by atoms with van der Waals surface area (Å²) in [6, 6.07) is 6.91. The molecule has 0 bridgehead atoms. The molecule has 0 saturated heterocycles. The number of benzene rings is 1. The third-order valence-corrected chi connectivity index (χ3v) is 1.60. The van der Waals surface area contributed by atoms with E-state index in [1.807, 2.05) is 0 Å². The second-order valence-corrected chi connectivity index (χ2v) is 2.57. The van der Waals surface area contributed by atoms with Gasteiger partial charge >= 0.3 is 0 Å². The first-order valence-corrected chi connectivity index (χ1v) is 4.27. The van der Waals surface area contributed by atoms with Gasteiger partial charge in [-0.2, -0.15) is 0 Å². The molecule has 1 aromatic rings. The monoisotopic (exact) mass is 192 g/mol. The highest BCUT2D eigenvalue weighted by molar-refractivity contribution is 5.74. The Hall–Kier alpha value is -1.77. The number of carbonyl (C=O) groups is 1. The minimum absolute atomic E-state index is 0.465. The van der Waals surface area contributed by atoms with Crippen LogP contribution >= 0.6 is 0 Å². The predicted molar refractivity (Wildman–Crippen MR) is 53.5 cm³/mol. The lowest BCUT2D eigenvalue weighted by Gasteiger charge is -2.05. The largest absolute Gasteiger partial charge is 0.498 e. The van der Waals surface area contributed by atoms with Gasteiger partial charge in [0, 0.05) is 5.56 Å². The molecule has 0 atom stereocenters. The van der Waals surface area contributed by atoms with Crippen molar-refractivity contribution < 1.29 is 14.3 Å². The van der Waals surface area contributed by atoms with Crippen LogP contribution in [-0.4, -0.2) is 19.5 Å². The Labute approximate surface area is 83.0 Å². The molecule has 1 aromatic carbocycles. The number of ether oxygens (including phenoxy) is 2. The fraction of sp³-hybridized carbons (Fsp3) is 0.182. The Bertz CT molecular complexity index is 290. The van der Waals surface area contributed by atoms with Crippen molar-refractivity contribution in [1.82, 2.24) is 0 Å². The second kappa shape index (κ2) is 5.80. The van der Waals surface area contributed by atoms with Crippen molar-refractivity contribution in [2.24, 2.45) is 0 Å². The molecule has 3 heteroatoms. The molecule has 0 radical (unpaired) electrons. The summed E-state index contributed by atoms with van der Waals surface area (Å²) in [4.78, 5) is 10.3. The summed E-state index contributed by atoms with van der Waals surface area (Å²) < 4.78 is 10.2. The average Bonchev–Trinajstić information content (AvgIpc) is 2.25. The molecule has 1 rings (SSSR count). The lowest BCUT2D eigenvalue weighted by atomic mass is 10.2. The predicted octanol–water partition coefficient (Wildman–Crippen LogP) is 2.04. The first-order chi connectivity index (χ1) is 6.86. The molecule has 74 valence electrons. The van der Waals surface area contributed by atoms with Crippen molar-refractivity contribution in [2.75, 3.05) is 13.2 Å². The molecular weight excluding hydrogens is 180 g/mol. The van der Waals surface area contributed by atoms with Gasteiger partial charge in [0.2, 0.25) is 0 Å². The van der Waals surface area contributed by atoms with Crippen molar-refractivity contribution in [3.05, 3.63) is 42.7 Å². The van der Waals surface area contributed by atoms with E-state index < -0.39 is 0 Å². The Morgan fingerprint density at radius 3 is 2.50 bits per heavy atom. The zero-order valence-electron chi connectivity index (χ0n) is 7.81. The van der Waals surface area contributed by atoms with E-state index >= 15 is 0 Å². The summed E-state index contributed by atoms with van der Waals surface area (Å²) in [5.41, 5.74) is 0.639. The Balaban J connectivity index is 2.36. The van der Waals surface area contributed by atoms with Gasteiger partial charge in [0.05, 0.1) is 6.26 Å². The van der Waals surface area contributed by atoms with Crippen molar-refractivity contribution in [1.29, 1.82) is 0 Å². The molecule has 0 N–H and O–H groups in total. The zero-order chi connectivity index (χ0) is 10.2. The van der Waals surface area contributed by atoms with E-state index in [0.717, 1.165) is 12.0 Å². The highest BCUT2D eigenvalue weighted by atomic mass is 16.5. The van der Waals surface area contributed by atoms with Crippen molar-refractivity contribution in [3.63, 3.8) is 0 Å². The number of carbonyl (C=O) groups excluding carboxylic acids is 1. The minimum atomic E-state index is 0.465. The molecule has 0 amide bonds.